The molecule has 0 saturated carbocycles. The van der Waals surface area contributed by atoms with Gasteiger partial charge in [-0.05, 0) is 13.8 Å². The molecule has 0 spiro atoms. The molecule has 0 aromatic carbocycles. The van der Waals surface area contributed by atoms with E-state index >= 15 is 0 Å². The summed E-state index contributed by atoms with van der Waals surface area (Å²) in [5.74, 6) is 0. The second-order valence-corrected chi connectivity index (χ2v) is 4.22. The summed E-state index contributed by atoms with van der Waals surface area (Å²) in [6.45, 7) is 6.72. The highest BCUT2D eigenvalue weighted by molar-refractivity contribution is 5.15. The number of hydrogen-bond acceptors (Lipinski definition) is 3. The minimum atomic E-state index is 0.842. The third-order valence-corrected chi connectivity index (χ3v) is 2.77. The molecular formula is C12H19N5. The van der Waals surface area contributed by atoms with Crippen molar-refractivity contribution in [3.63, 3.8) is 0 Å². The first-order valence-corrected chi connectivity index (χ1v) is 5.90. The lowest BCUT2D eigenvalue weighted by Crippen LogP contribution is -2.12. The standard InChI is InChI=1S/C12H19N5/c1-4-17-8-11(6-14-17)5-13-7-12-9-16(3)15-10(12)2/h6,8-9,13H,4-5,7H2,1-3H3. The number of aromatic nitrogens is 4. The van der Waals surface area contributed by atoms with Crippen molar-refractivity contribution in [2.24, 2.45) is 7.05 Å². The second-order valence-electron chi connectivity index (χ2n) is 4.22. The zero-order valence-corrected chi connectivity index (χ0v) is 10.6. The Morgan fingerprint density at radius 3 is 2.71 bits per heavy atom. The molecule has 5 heteroatoms. The Morgan fingerprint density at radius 2 is 2.12 bits per heavy atom. The summed E-state index contributed by atoms with van der Waals surface area (Å²) in [7, 11) is 1.95. The molecule has 0 aliphatic rings. The van der Waals surface area contributed by atoms with E-state index in [-0.39, 0.29) is 0 Å². The van der Waals surface area contributed by atoms with Crippen molar-refractivity contribution in [2.45, 2.75) is 33.5 Å². The topological polar surface area (TPSA) is 47.7 Å². The van der Waals surface area contributed by atoms with Gasteiger partial charge in [-0.15, -0.1) is 0 Å². The zero-order chi connectivity index (χ0) is 12.3. The average molecular weight is 233 g/mol. The van der Waals surface area contributed by atoms with E-state index in [0.717, 1.165) is 25.3 Å². The Kier molecular flexibility index (Phi) is 3.58. The van der Waals surface area contributed by atoms with Crippen LogP contribution in [0.3, 0.4) is 0 Å². The van der Waals surface area contributed by atoms with Gasteiger partial charge in [0, 0.05) is 50.2 Å². The van der Waals surface area contributed by atoms with Crippen LogP contribution in [0.4, 0.5) is 0 Å². The van der Waals surface area contributed by atoms with Crippen molar-refractivity contribution in [3.8, 4) is 0 Å². The highest BCUT2D eigenvalue weighted by atomic mass is 15.3. The molecule has 0 fully saturated rings. The molecule has 2 aromatic rings. The predicted octanol–water partition coefficient (Wildman–Crippen LogP) is 1.23. The van der Waals surface area contributed by atoms with Crippen LogP contribution in [0.15, 0.2) is 18.6 Å². The third-order valence-electron chi connectivity index (χ3n) is 2.77. The minimum absolute atomic E-state index is 0.842. The number of rotatable bonds is 5. The Morgan fingerprint density at radius 1 is 1.29 bits per heavy atom. The third kappa shape index (κ3) is 2.94. The maximum atomic E-state index is 4.31. The number of nitrogens with one attached hydrogen (secondary N) is 1. The summed E-state index contributed by atoms with van der Waals surface area (Å²) >= 11 is 0. The molecule has 0 atom stereocenters. The molecule has 1 N–H and O–H groups in total. The maximum absolute atomic E-state index is 4.31. The van der Waals surface area contributed by atoms with Crippen LogP contribution in [0.5, 0.6) is 0 Å². The van der Waals surface area contributed by atoms with Crippen LogP contribution >= 0.6 is 0 Å². The smallest absolute Gasteiger partial charge is 0.0638 e. The van der Waals surface area contributed by atoms with Crippen LogP contribution in [-0.2, 0) is 26.7 Å². The monoisotopic (exact) mass is 233 g/mol. The summed E-state index contributed by atoms with van der Waals surface area (Å²) in [5.41, 5.74) is 3.55. The van der Waals surface area contributed by atoms with E-state index in [9.17, 15) is 0 Å². The van der Waals surface area contributed by atoms with Gasteiger partial charge in [0.25, 0.3) is 0 Å². The number of nitrogens with zero attached hydrogens (tertiary/aromatic N) is 4. The molecule has 0 aliphatic heterocycles. The molecule has 92 valence electrons. The Bertz CT molecular complexity index is 483. The first-order valence-electron chi connectivity index (χ1n) is 5.90. The van der Waals surface area contributed by atoms with Gasteiger partial charge in [-0.1, -0.05) is 0 Å². The van der Waals surface area contributed by atoms with Crippen molar-refractivity contribution in [2.75, 3.05) is 0 Å². The van der Waals surface area contributed by atoms with Crippen molar-refractivity contribution in [1.82, 2.24) is 24.9 Å². The molecule has 0 saturated heterocycles. The lowest BCUT2D eigenvalue weighted by Gasteiger charge is -2.01. The number of aryl methyl sites for hydroxylation is 3. The van der Waals surface area contributed by atoms with Crippen molar-refractivity contribution >= 4 is 0 Å². The first-order chi connectivity index (χ1) is 8.19. The van der Waals surface area contributed by atoms with Gasteiger partial charge in [0.05, 0.1) is 11.9 Å². The van der Waals surface area contributed by atoms with Crippen LogP contribution < -0.4 is 5.32 Å². The highest BCUT2D eigenvalue weighted by Crippen LogP contribution is 2.04. The fourth-order valence-corrected chi connectivity index (χ4v) is 1.83. The van der Waals surface area contributed by atoms with Gasteiger partial charge in [0.15, 0.2) is 0 Å². The van der Waals surface area contributed by atoms with Crippen LogP contribution in [-0.4, -0.2) is 19.6 Å². The molecule has 0 aliphatic carbocycles. The summed E-state index contributed by atoms with van der Waals surface area (Å²) in [6, 6.07) is 0. The normalized spacial score (nSPS) is 11.0. The van der Waals surface area contributed by atoms with Crippen LogP contribution in [0.2, 0.25) is 0 Å². The maximum Gasteiger partial charge on any atom is 0.0638 e. The molecule has 2 heterocycles. The van der Waals surface area contributed by atoms with E-state index in [1.807, 2.05) is 29.5 Å². The lowest BCUT2D eigenvalue weighted by molar-refractivity contribution is 0.655. The molecular weight excluding hydrogens is 214 g/mol. The molecule has 0 radical (unpaired) electrons. The van der Waals surface area contributed by atoms with E-state index in [4.69, 9.17) is 0 Å². The van der Waals surface area contributed by atoms with Gasteiger partial charge in [-0.3, -0.25) is 9.36 Å². The minimum Gasteiger partial charge on any atom is -0.308 e. The Hall–Kier alpha value is -1.62. The quantitative estimate of drug-likeness (QED) is 0.845. The highest BCUT2D eigenvalue weighted by Gasteiger charge is 2.02. The van der Waals surface area contributed by atoms with Gasteiger partial charge in [0.1, 0.15) is 0 Å². The van der Waals surface area contributed by atoms with Crippen molar-refractivity contribution in [1.29, 1.82) is 0 Å². The van der Waals surface area contributed by atoms with Gasteiger partial charge < -0.3 is 5.32 Å². The van der Waals surface area contributed by atoms with E-state index in [0.29, 0.717) is 0 Å². The van der Waals surface area contributed by atoms with Crippen molar-refractivity contribution < 1.29 is 0 Å². The molecule has 0 amide bonds. The van der Waals surface area contributed by atoms with Crippen LogP contribution in [0, 0.1) is 6.92 Å². The van der Waals surface area contributed by atoms with Crippen LogP contribution in [0.25, 0.3) is 0 Å². The fourth-order valence-electron chi connectivity index (χ4n) is 1.83. The summed E-state index contributed by atoms with van der Waals surface area (Å²) in [5, 5.41) is 12.0. The molecule has 17 heavy (non-hydrogen) atoms. The average Bonchev–Trinajstić information content (AvgIpc) is 2.86. The van der Waals surface area contributed by atoms with Gasteiger partial charge in [0.2, 0.25) is 0 Å². The summed E-state index contributed by atoms with van der Waals surface area (Å²) in [4.78, 5) is 0. The van der Waals surface area contributed by atoms with Crippen LogP contribution in [0.1, 0.15) is 23.7 Å². The zero-order valence-electron chi connectivity index (χ0n) is 10.6. The molecule has 0 unspecified atom stereocenters. The van der Waals surface area contributed by atoms with Gasteiger partial charge in [-0.25, -0.2) is 0 Å². The molecule has 2 aromatic heterocycles. The molecule has 5 nitrogen and oxygen atoms in total. The Balaban J connectivity index is 1.85. The summed E-state index contributed by atoms with van der Waals surface area (Å²) in [6.07, 6.45) is 6.04. The van der Waals surface area contributed by atoms with E-state index in [1.165, 1.54) is 11.1 Å². The van der Waals surface area contributed by atoms with E-state index in [2.05, 4.69) is 34.8 Å². The molecule has 2 rings (SSSR count). The molecule has 0 bridgehead atoms. The van der Waals surface area contributed by atoms with E-state index < -0.39 is 0 Å². The Labute approximate surface area is 101 Å². The van der Waals surface area contributed by atoms with Gasteiger partial charge >= 0.3 is 0 Å². The predicted molar refractivity (Wildman–Crippen MR) is 66.4 cm³/mol. The van der Waals surface area contributed by atoms with Crippen molar-refractivity contribution in [3.05, 3.63) is 35.4 Å². The largest absolute Gasteiger partial charge is 0.308 e. The summed E-state index contributed by atoms with van der Waals surface area (Å²) < 4.78 is 3.79. The first kappa shape index (κ1) is 11.9. The van der Waals surface area contributed by atoms with E-state index in [1.54, 1.807) is 0 Å². The number of hydrogen-bond donors (Lipinski definition) is 1. The SMILES string of the molecule is CCn1cc(CNCc2cn(C)nc2C)cn1. The van der Waals surface area contributed by atoms with Gasteiger partial charge in [-0.2, -0.15) is 10.2 Å². The lowest BCUT2D eigenvalue weighted by atomic mass is 10.2. The fraction of sp³-hybridized carbons (Fsp3) is 0.500. The second kappa shape index (κ2) is 5.14.